The van der Waals surface area contributed by atoms with Crippen molar-refractivity contribution in [3.8, 4) is 11.8 Å². The van der Waals surface area contributed by atoms with E-state index in [2.05, 4.69) is 14.9 Å². The summed E-state index contributed by atoms with van der Waals surface area (Å²) in [7, 11) is -2.25. The maximum atomic E-state index is 13.1. The lowest BCUT2D eigenvalue weighted by atomic mass is 10.0. The molecule has 1 aromatic heterocycles. The number of hydrogen-bond acceptors (Lipinski definition) is 5. The first-order valence-corrected chi connectivity index (χ1v) is 10.2. The van der Waals surface area contributed by atoms with Crippen molar-refractivity contribution >= 4 is 10.0 Å². The van der Waals surface area contributed by atoms with E-state index < -0.39 is 10.0 Å². The van der Waals surface area contributed by atoms with Gasteiger partial charge in [0.15, 0.2) is 0 Å². The lowest BCUT2D eigenvalue weighted by Gasteiger charge is -2.17. The van der Waals surface area contributed by atoms with Crippen LogP contribution in [0.3, 0.4) is 0 Å². The summed E-state index contributed by atoms with van der Waals surface area (Å²) in [5.41, 5.74) is 0.604. The molecule has 0 aliphatic carbocycles. The Morgan fingerprint density at radius 2 is 1.82 bits per heavy atom. The molecule has 0 unspecified atom stereocenters. The van der Waals surface area contributed by atoms with Crippen LogP contribution < -0.4 is 9.46 Å². The molecule has 1 heterocycles. The molecule has 148 valence electrons. The Labute approximate surface area is 163 Å². The van der Waals surface area contributed by atoms with Crippen LogP contribution in [0.15, 0.2) is 53.4 Å². The Morgan fingerprint density at radius 1 is 1.14 bits per heavy atom. The van der Waals surface area contributed by atoms with E-state index in [-0.39, 0.29) is 22.6 Å². The van der Waals surface area contributed by atoms with Gasteiger partial charge in [-0.05, 0) is 49.9 Å². The van der Waals surface area contributed by atoms with Crippen LogP contribution in [-0.2, 0) is 16.6 Å². The topological polar surface area (TPSA) is 86.1 Å². The molecule has 1 N–H and O–H groups in total. The molecule has 0 amide bonds. The van der Waals surface area contributed by atoms with Gasteiger partial charge in [0.25, 0.3) is 0 Å². The second-order valence-corrected chi connectivity index (χ2v) is 7.96. The van der Waals surface area contributed by atoms with Crippen molar-refractivity contribution in [1.82, 2.24) is 19.5 Å². The van der Waals surface area contributed by atoms with Gasteiger partial charge >= 0.3 is 6.01 Å². The summed E-state index contributed by atoms with van der Waals surface area (Å²) in [5, 5.41) is 8.32. The zero-order chi connectivity index (χ0) is 20.3. The molecular weight excluding hydrogens is 383 g/mol. The number of halogens is 1. The van der Waals surface area contributed by atoms with E-state index in [0.717, 1.165) is 0 Å². The quantitative estimate of drug-likeness (QED) is 0.653. The molecule has 7 nitrogen and oxygen atoms in total. The van der Waals surface area contributed by atoms with E-state index in [1.807, 2.05) is 13.8 Å². The van der Waals surface area contributed by atoms with E-state index in [0.29, 0.717) is 23.7 Å². The summed E-state index contributed by atoms with van der Waals surface area (Å²) in [6, 6.07) is 12.6. The second kappa shape index (κ2) is 8.07. The average Bonchev–Trinajstić information content (AvgIpc) is 3.11. The van der Waals surface area contributed by atoms with Crippen LogP contribution in [0.25, 0.3) is 0 Å². The standard InChI is InChI=1S/C19H21FN4O3S/c1-4-24-18(22-23-19(24)27-15-11-9-14(20)10-12-15)13(2)16-7-5-6-8-17(16)28(25,26)21-3/h5-13,21H,4H2,1-3H3/t13-/m1/s1. The summed E-state index contributed by atoms with van der Waals surface area (Å²) >= 11 is 0. The summed E-state index contributed by atoms with van der Waals surface area (Å²) in [4.78, 5) is 0.191. The number of ether oxygens (including phenoxy) is 1. The molecule has 0 radical (unpaired) electrons. The van der Waals surface area contributed by atoms with Gasteiger partial charge in [0, 0.05) is 12.5 Å². The van der Waals surface area contributed by atoms with Crippen molar-refractivity contribution in [2.75, 3.05) is 7.05 Å². The van der Waals surface area contributed by atoms with Gasteiger partial charge in [0.05, 0.1) is 4.90 Å². The Kier molecular flexibility index (Phi) is 5.76. The van der Waals surface area contributed by atoms with Gasteiger partial charge in [-0.3, -0.25) is 4.57 Å². The summed E-state index contributed by atoms with van der Waals surface area (Å²) in [5.74, 6) is 0.289. The minimum absolute atomic E-state index is 0.191. The van der Waals surface area contributed by atoms with Crippen LogP contribution in [0.5, 0.6) is 11.8 Å². The van der Waals surface area contributed by atoms with Crippen molar-refractivity contribution in [1.29, 1.82) is 0 Å². The van der Waals surface area contributed by atoms with Crippen molar-refractivity contribution in [3.05, 3.63) is 65.7 Å². The van der Waals surface area contributed by atoms with E-state index in [1.54, 1.807) is 28.8 Å². The Bertz CT molecular complexity index is 1070. The molecule has 0 fully saturated rings. The van der Waals surface area contributed by atoms with Crippen LogP contribution in [0.2, 0.25) is 0 Å². The number of sulfonamides is 1. The molecule has 0 aliphatic rings. The highest BCUT2D eigenvalue weighted by Gasteiger charge is 2.25. The fourth-order valence-corrected chi connectivity index (χ4v) is 3.97. The molecule has 2 aromatic carbocycles. The number of benzene rings is 2. The molecule has 3 aromatic rings. The molecule has 0 aliphatic heterocycles. The maximum Gasteiger partial charge on any atom is 0.322 e. The average molecular weight is 404 g/mol. The number of aromatic nitrogens is 3. The fraction of sp³-hybridized carbons (Fsp3) is 0.263. The van der Waals surface area contributed by atoms with Gasteiger partial charge in [-0.25, -0.2) is 17.5 Å². The van der Waals surface area contributed by atoms with Crippen molar-refractivity contribution < 1.29 is 17.5 Å². The molecule has 0 saturated heterocycles. The van der Waals surface area contributed by atoms with Gasteiger partial charge in [0.2, 0.25) is 10.0 Å². The smallest absolute Gasteiger partial charge is 0.322 e. The molecule has 3 rings (SSSR count). The minimum atomic E-state index is -3.62. The fourth-order valence-electron chi connectivity index (χ4n) is 2.93. The number of nitrogens with zero attached hydrogens (tertiary/aromatic N) is 3. The van der Waals surface area contributed by atoms with Crippen LogP contribution in [0, 0.1) is 5.82 Å². The minimum Gasteiger partial charge on any atom is -0.424 e. The van der Waals surface area contributed by atoms with Gasteiger partial charge in [0.1, 0.15) is 17.4 Å². The zero-order valence-electron chi connectivity index (χ0n) is 15.8. The van der Waals surface area contributed by atoms with Crippen molar-refractivity contribution in [3.63, 3.8) is 0 Å². The number of hydrogen-bond donors (Lipinski definition) is 1. The Balaban J connectivity index is 1.99. The van der Waals surface area contributed by atoms with Crippen LogP contribution >= 0.6 is 0 Å². The van der Waals surface area contributed by atoms with Crippen LogP contribution in [0.1, 0.15) is 31.2 Å². The number of nitrogens with one attached hydrogen (secondary N) is 1. The van der Waals surface area contributed by atoms with Gasteiger partial charge in [-0.1, -0.05) is 30.2 Å². The van der Waals surface area contributed by atoms with Gasteiger partial charge in [-0.2, -0.15) is 0 Å². The lowest BCUT2D eigenvalue weighted by molar-refractivity contribution is 0.409. The predicted octanol–water partition coefficient (Wildman–Crippen LogP) is 3.29. The normalized spacial score (nSPS) is 12.7. The third-order valence-electron chi connectivity index (χ3n) is 4.42. The van der Waals surface area contributed by atoms with E-state index >= 15 is 0 Å². The second-order valence-electron chi connectivity index (χ2n) is 6.11. The summed E-state index contributed by atoms with van der Waals surface area (Å²) < 4.78 is 47.7. The number of rotatable bonds is 7. The molecule has 9 heteroatoms. The molecule has 0 bridgehead atoms. The first kappa shape index (κ1) is 20.0. The van der Waals surface area contributed by atoms with E-state index in [9.17, 15) is 12.8 Å². The third kappa shape index (κ3) is 3.90. The molecular formula is C19H21FN4O3S. The third-order valence-corrected chi connectivity index (χ3v) is 5.90. The van der Waals surface area contributed by atoms with Crippen LogP contribution in [-0.4, -0.2) is 30.2 Å². The zero-order valence-corrected chi connectivity index (χ0v) is 16.6. The SMILES string of the molecule is CCn1c(Oc2ccc(F)cc2)nnc1[C@H](C)c1ccccc1S(=O)(=O)NC. The maximum absolute atomic E-state index is 13.1. The highest BCUT2D eigenvalue weighted by Crippen LogP contribution is 2.31. The Hall–Kier alpha value is -2.78. The molecule has 1 atom stereocenters. The molecule has 0 spiro atoms. The highest BCUT2D eigenvalue weighted by atomic mass is 32.2. The van der Waals surface area contributed by atoms with E-state index in [4.69, 9.17) is 4.74 Å². The van der Waals surface area contributed by atoms with Crippen molar-refractivity contribution in [2.24, 2.45) is 0 Å². The van der Waals surface area contributed by atoms with Crippen LogP contribution in [0.4, 0.5) is 4.39 Å². The van der Waals surface area contributed by atoms with Crippen molar-refractivity contribution in [2.45, 2.75) is 31.2 Å². The van der Waals surface area contributed by atoms with Gasteiger partial charge in [-0.15, -0.1) is 5.10 Å². The van der Waals surface area contributed by atoms with E-state index in [1.165, 1.54) is 31.3 Å². The molecule has 28 heavy (non-hydrogen) atoms. The molecule has 0 saturated carbocycles. The summed E-state index contributed by atoms with van der Waals surface area (Å²) in [6.45, 7) is 4.29. The predicted molar refractivity (Wildman–Crippen MR) is 102 cm³/mol. The first-order valence-electron chi connectivity index (χ1n) is 8.76. The highest BCUT2D eigenvalue weighted by molar-refractivity contribution is 7.89. The van der Waals surface area contributed by atoms with Gasteiger partial charge < -0.3 is 4.74 Å². The largest absolute Gasteiger partial charge is 0.424 e. The summed E-state index contributed by atoms with van der Waals surface area (Å²) in [6.07, 6.45) is 0. The lowest BCUT2D eigenvalue weighted by Crippen LogP contribution is -2.21. The first-order chi connectivity index (χ1) is 13.4. The Morgan fingerprint density at radius 3 is 2.46 bits per heavy atom. The monoisotopic (exact) mass is 404 g/mol.